The van der Waals surface area contributed by atoms with Gasteiger partial charge < -0.3 is 25.8 Å². The first-order valence-electron chi connectivity index (χ1n) is 14.6. The average molecular weight is 667 g/mol. The Bertz CT molecular complexity index is 2090. The maximum atomic E-state index is 15.3. The molecule has 45 heavy (non-hydrogen) atoms. The highest BCUT2D eigenvalue weighted by atomic mass is 79.9. The molecule has 0 atom stereocenters. The summed E-state index contributed by atoms with van der Waals surface area (Å²) in [4.78, 5) is 20.4. The molecule has 8 nitrogen and oxygen atoms in total. The molecule has 0 aliphatic rings. The summed E-state index contributed by atoms with van der Waals surface area (Å²) in [6, 6.07) is 22.2. The van der Waals surface area contributed by atoms with Crippen LogP contribution in [0.15, 0.2) is 88.8 Å². The Hall–Kier alpha value is -4.96. The lowest BCUT2D eigenvalue weighted by Gasteiger charge is -2.12. The van der Waals surface area contributed by atoms with E-state index in [9.17, 15) is 0 Å². The van der Waals surface area contributed by atoms with Gasteiger partial charge in [0.05, 0.1) is 27.6 Å². The number of nitrogens with zero attached hydrogens (tertiary/aromatic N) is 3. The number of ether oxygens (including phenoxy) is 1. The van der Waals surface area contributed by atoms with Crippen molar-refractivity contribution in [2.24, 2.45) is 10.7 Å². The first kappa shape index (κ1) is 30.1. The largest absolute Gasteiger partial charge is 0.457 e. The van der Waals surface area contributed by atoms with Crippen molar-refractivity contribution >= 4 is 49.5 Å². The second-order valence-electron chi connectivity index (χ2n) is 11.4. The van der Waals surface area contributed by atoms with Crippen LogP contribution in [-0.2, 0) is 0 Å². The minimum atomic E-state index is -0.450. The number of nitrogens with two attached hydrogens (primary N) is 1. The first-order chi connectivity index (χ1) is 21.5. The number of imidazole rings is 2. The Morgan fingerprint density at radius 2 is 1.42 bits per heavy atom. The Balaban J connectivity index is 1.20. The van der Waals surface area contributed by atoms with Crippen molar-refractivity contribution in [1.82, 2.24) is 25.3 Å². The van der Waals surface area contributed by atoms with Gasteiger partial charge in [0, 0.05) is 39.4 Å². The van der Waals surface area contributed by atoms with E-state index in [4.69, 9.17) is 15.5 Å². The van der Waals surface area contributed by atoms with Crippen LogP contribution in [0.3, 0.4) is 0 Å². The van der Waals surface area contributed by atoms with Crippen molar-refractivity contribution in [1.29, 1.82) is 0 Å². The van der Waals surface area contributed by atoms with E-state index in [1.807, 2.05) is 68.4 Å². The van der Waals surface area contributed by atoms with E-state index in [1.165, 1.54) is 6.07 Å². The summed E-state index contributed by atoms with van der Waals surface area (Å²) in [5.74, 6) is 2.07. The number of amidine groups is 1. The summed E-state index contributed by atoms with van der Waals surface area (Å²) in [6.45, 7) is 12.2. The Kier molecular flexibility index (Phi) is 8.16. The number of fused-ring (bicyclic) bond motifs is 2. The molecule has 6 aromatic rings. The molecular weight excluding hydrogens is 633 g/mol. The fourth-order valence-corrected chi connectivity index (χ4v) is 5.59. The zero-order valence-electron chi connectivity index (χ0n) is 25.4. The smallest absolute Gasteiger partial charge is 0.141 e. The molecule has 0 spiro atoms. The summed E-state index contributed by atoms with van der Waals surface area (Å²) < 4.78 is 22.1. The van der Waals surface area contributed by atoms with Gasteiger partial charge in [-0.25, -0.2) is 14.4 Å². The van der Waals surface area contributed by atoms with Crippen molar-refractivity contribution in [2.75, 3.05) is 0 Å². The van der Waals surface area contributed by atoms with Gasteiger partial charge in [-0.05, 0) is 110 Å². The lowest BCUT2D eigenvalue weighted by molar-refractivity contribution is 0.477. The van der Waals surface area contributed by atoms with Crippen LogP contribution < -0.4 is 15.8 Å². The number of nitrogens with one attached hydrogen (secondary N) is 3. The minimum Gasteiger partial charge on any atom is -0.457 e. The third-order valence-electron chi connectivity index (χ3n) is 7.10. The van der Waals surface area contributed by atoms with Crippen molar-refractivity contribution < 1.29 is 9.13 Å². The lowest BCUT2D eigenvalue weighted by atomic mass is 10.1. The fraction of sp³-hybridized carbons (Fsp3) is 0.171. The molecule has 5 N–H and O–H groups in total. The van der Waals surface area contributed by atoms with Crippen LogP contribution in [0.1, 0.15) is 38.8 Å². The number of halogens is 2. The van der Waals surface area contributed by atoms with Gasteiger partial charge in [-0.15, -0.1) is 0 Å². The lowest BCUT2D eigenvalue weighted by Crippen LogP contribution is -2.20. The Morgan fingerprint density at radius 3 is 2.02 bits per heavy atom. The predicted molar refractivity (Wildman–Crippen MR) is 184 cm³/mol. The summed E-state index contributed by atoms with van der Waals surface area (Å²) in [7, 11) is 0. The summed E-state index contributed by atoms with van der Waals surface area (Å²) >= 11 is 3.64. The molecular formula is C35H33BrFN7O. The van der Waals surface area contributed by atoms with E-state index < -0.39 is 5.82 Å². The third-order valence-corrected chi connectivity index (χ3v) is 7.75. The van der Waals surface area contributed by atoms with E-state index in [0.717, 1.165) is 48.9 Å². The van der Waals surface area contributed by atoms with Gasteiger partial charge in [0.1, 0.15) is 34.8 Å². The molecule has 10 heteroatoms. The van der Waals surface area contributed by atoms with Crippen molar-refractivity contribution in [2.45, 2.75) is 39.8 Å². The van der Waals surface area contributed by atoms with Crippen LogP contribution >= 0.6 is 15.9 Å². The molecule has 0 fully saturated rings. The number of aliphatic imine (C=N–C) groups is 1. The number of H-pyrrole nitrogens is 2. The standard InChI is InChI=1S/C35H33BrFN7O/c1-18(2)39-20(5)21-6-12-29-31(14-21)44-35(42-29)26-11-9-24(17-28(26)37)45-23-8-10-25(27(36)16-23)34-41-30-13-7-22(15-32(30)43-34)33(38)40-19(3)4/h6-19,39H,5H2,1-4H3,(H2,38,40)(H,41,43)(H,42,44). The Morgan fingerprint density at radius 1 is 0.844 bits per heavy atom. The van der Waals surface area contributed by atoms with E-state index in [0.29, 0.717) is 34.5 Å². The number of hydrogen-bond acceptors (Lipinski definition) is 5. The number of aromatic amines is 2. The zero-order valence-corrected chi connectivity index (χ0v) is 27.0. The highest BCUT2D eigenvalue weighted by molar-refractivity contribution is 9.10. The van der Waals surface area contributed by atoms with Gasteiger partial charge in [0.25, 0.3) is 0 Å². The van der Waals surface area contributed by atoms with Crippen LogP contribution in [0, 0.1) is 5.82 Å². The SMILES string of the molecule is C=C(NC(C)C)c1ccc2nc(-c3ccc(Oc4ccc(-c5nc6ccc(C(N)=NC(C)C)cc6[nH]5)c(Br)c4)cc3F)[nH]c2c1. The van der Waals surface area contributed by atoms with Crippen LogP contribution in [0.2, 0.25) is 0 Å². The third kappa shape index (κ3) is 6.46. The molecule has 0 radical (unpaired) electrons. The summed E-state index contributed by atoms with van der Waals surface area (Å²) in [5.41, 5.74) is 13.2. The van der Waals surface area contributed by atoms with Crippen molar-refractivity contribution in [3.63, 3.8) is 0 Å². The van der Waals surface area contributed by atoms with Gasteiger partial charge in [-0.3, -0.25) is 4.99 Å². The quantitative estimate of drug-likeness (QED) is 0.0912. The van der Waals surface area contributed by atoms with Gasteiger partial charge in [0.2, 0.25) is 0 Å². The monoisotopic (exact) mass is 665 g/mol. The molecule has 0 amide bonds. The van der Waals surface area contributed by atoms with Crippen LogP contribution in [-0.4, -0.2) is 37.9 Å². The number of benzene rings is 4. The van der Waals surface area contributed by atoms with E-state index in [2.05, 4.69) is 61.6 Å². The predicted octanol–water partition coefficient (Wildman–Crippen LogP) is 8.55. The molecule has 2 heterocycles. The zero-order chi connectivity index (χ0) is 31.8. The first-order valence-corrected chi connectivity index (χ1v) is 15.4. The maximum absolute atomic E-state index is 15.3. The van der Waals surface area contributed by atoms with E-state index in [-0.39, 0.29) is 12.1 Å². The molecule has 0 saturated carbocycles. The molecule has 2 aromatic heterocycles. The molecule has 0 saturated heterocycles. The topological polar surface area (TPSA) is 117 Å². The van der Waals surface area contributed by atoms with Crippen molar-refractivity contribution in [3.05, 3.63) is 101 Å². The molecule has 0 bridgehead atoms. The number of hydrogen-bond donors (Lipinski definition) is 4. The van der Waals surface area contributed by atoms with Crippen LogP contribution in [0.4, 0.5) is 4.39 Å². The highest BCUT2D eigenvalue weighted by Gasteiger charge is 2.15. The normalized spacial score (nSPS) is 12.0. The molecule has 0 aliphatic carbocycles. The second-order valence-corrected chi connectivity index (χ2v) is 12.3. The molecule has 4 aromatic carbocycles. The number of aromatic nitrogens is 4. The summed E-state index contributed by atoms with van der Waals surface area (Å²) in [6.07, 6.45) is 0. The minimum absolute atomic E-state index is 0.105. The average Bonchev–Trinajstić information content (AvgIpc) is 3.60. The molecule has 0 aliphatic heterocycles. The van der Waals surface area contributed by atoms with Crippen LogP contribution in [0.5, 0.6) is 11.5 Å². The van der Waals surface area contributed by atoms with Gasteiger partial charge in [0.15, 0.2) is 0 Å². The van der Waals surface area contributed by atoms with Crippen molar-refractivity contribution in [3.8, 4) is 34.3 Å². The maximum Gasteiger partial charge on any atom is 0.141 e. The molecule has 228 valence electrons. The van der Waals surface area contributed by atoms with E-state index >= 15 is 4.39 Å². The fourth-order valence-electron chi connectivity index (χ4n) is 5.04. The van der Waals surface area contributed by atoms with Gasteiger partial charge in [-0.1, -0.05) is 12.6 Å². The highest BCUT2D eigenvalue weighted by Crippen LogP contribution is 2.34. The van der Waals surface area contributed by atoms with E-state index in [1.54, 1.807) is 12.1 Å². The number of rotatable bonds is 9. The summed E-state index contributed by atoms with van der Waals surface area (Å²) in [5, 5.41) is 3.31. The van der Waals surface area contributed by atoms with Gasteiger partial charge >= 0.3 is 0 Å². The Labute approximate surface area is 268 Å². The second kappa shape index (κ2) is 12.2. The van der Waals surface area contributed by atoms with Crippen LogP contribution in [0.25, 0.3) is 50.5 Å². The molecule has 6 rings (SSSR count). The molecule has 0 unspecified atom stereocenters. The van der Waals surface area contributed by atoms with Gasteiger partial charge in [-0.2, -0.15) is 0 Å².